The summed E-state index contributed by atoms with van der Waals surface area (Å²) in [6.07, 6.45) is 1.61. The fraction of sp³-hybridized carbons (Fsp3) is 0.429. The Bertz CT molecular complexity index is 544. The Balaban J connectivity index is 2.07. The quantitative estimate of drug-likeness (QED) is 0.872. The molecule has 1 aromatic carbocycles. The Morgan fingerprint density at radius 2 is 2.05 bits per heavy atom. The van der Waals surface area contributed by atoms with Crippen LogP contribution in [-0.2, 0) is 4.74 Å². The van der Waals surface area contributed by atoms with E-state index in [0.29, 0.717) is 23.4 Å². The number of hydrogen-bond acceptors (Lipinski definition) is 3. The zero-order valence-corrected chi connectivity index (χ0v) is 13.2. The average Bonchev–Trinajstić information content (AvgIpc) is 2.49. The molecule has 0 aliphatic carbocycles. The van der Waals surface area contributed by atoms with Crippen molar-refractivity contribution in [2.45, 2.75) is 18.9 Å². The summed E-state index contributed by atoms with van der Waals surface area (Å²) in [6.45, 7) is 1.31. The molecular formula is C14H17BrN2O4. The van der Waals surface area contributed by atoms with Gasteiger partial charge < -0.3 is 20.1 Å². The minimum absolute atomic E-state index is 0.127. The van der Waals surface area contributed by atoms with Crippen LogP contribution in [0.3, 0.4) is 0 Å². The molecule has 2 amide bonds. The molecule has 2 N–H and O–H groups in total. The lowest BCUT2D eigenvalue weighted by Crippen LogP contribution is -2.42. The Morgan fingerprint density at radius 1 is 1.38 bits per heavy atom. The van der Waals surface area contributed by atoms with Gasteiger partial charge in [-0.2, -0.15) is 0 Å². The number of carbonyl (C=O) groups excluding carboxylic acids is 1. The smallest absolute Gasteiger partial charge is 0.335 e. The molecule has 114 valence electrons. The van der Waals surface area contributed by atoms with Crippen molar-refractivity contribution in [1.82, 2.24) is 4.90 Å². The van der Waals surface area contributed by atoms with Crippen LogP contribution in [0, 0.1) is 0 Å². The van der Waals surface area contributed by atoms with Gasteiger partial charge in [0.25, 0.3) is 0 Å². The number of amides is 2. The molecule has 0 atom stereocenters. The number of carbonyl (C=O) groups is 2. The van der Waals surface area contributed by atoms with Crippen LogP contribution in [0.2, 0.25) is 0 Å². The first-order chi connectivity index (χ1) is 9.99. The molecule has 1 saturated heterocycles. The number of benzene rings is 1. The third kappa shape index (κ3) is 3.95. The first-order valence-electron chi connectivity index (χ1n) is 6.63. The summed E-state index contributed by atoms with van der Waals surface area (Å²) in [5.41, 5.74) is 0.570. The van der Waals surface area contributed by atoms with Crippen LogP contribution < -0.4 is 5.32 Å². The second-order valence-electron chi connectivity index (χ2n) is 4.88. The fourth-order valence-electron chi connectivity index (χ4n) is 2.20. The van der Waals surface area contributed by atoms with Gasteiger partial charge in [0.05, 0.1) is 11.3 Å². The molecule has 1 heterocycles. The van der Waals surface area contributed by atoms with Gasteiger partial charge >= 0.3 is 12.0 Å². The molecule has 1 aromatic rings. The maximum atomic E-state index is 12.3. The maximum Gasteiger partial charge on any atom is 0.335 e. The molecule has 0 unspecified atom stereocenters. The van der Waals surface area contributed by atoms with Gasteiger partial charge in [0.1, 0.15) is 0 Å². The number of halogens is 1. The van der Waals surface area contributed by atoms with Gasteiger partial charge in [-0.3, -0.25) is 0 Å². The van der Waals surface area contributed by atoms with Crippen molar-refractivity contribution in [1.29, 1.82) is 0 Å². The van der Waals surface area contributed by atoms with E-state index < -0.39 is 5.97 Å². The molecule has 0 aromatic heterocycles. The molecular weight excluding hydrogens is 340 g/mol. The van der Waals surface area contributed by atoms with Crippen molar-refractivity contribution in [2.24, 2.45) is 0 Å². The molecule has 7 heteroatoms. The monoisotopic (exact) mass is 356 g/mol. The Hall–Kier alpha value is -1.60. The number of nitrogens with zero attached hydrogens (tertiary/aromatic N) is 1. The SMILES string of the molecule is CN(C(=O)Nc1cc(C(=O)O)ccc1Br)C1CCOCC1. The number of hydrogen-bond donors (Lipinski definition) is 2. The van der Waals surface area contributed by atoms with Gasteiger partial charge in [0.15, 0.2) is 0 Å². The second-order valence-corrected chi connectivity index (χ2v) is 5.74. The molecule has 0 radical (unpaired) electrons. The highest BCUT2D eigenvalue weighted by Crippen LogP contribution is 2.24. The summed E-state index contributed by atoms with van der Waals surface area (Å²) in [4.78, 5) is 24.9. The molecule has 0 bridgehead atoms. The molecule has 21 heavy (non-hydrogen) atoms. The van der Waals surface area contributed by atoms with Crippen LogP contribution >= 0.6 is 15.9 Å². The number of ether oxygens (including phenoxy) is 1. The lowest BCUT2D eigenvalue weighted by molar-refractivity contribution is 0.0544. The van der Waals surface area contributed by atoms with E-state index >= 15 is 0 Å². The molecule has 0 spiro atoms. The number of urea groups is 1. The van der Waals surface area contributed by atoms with Crippen molar-refractivity contribution < 1.29 is 19.4 Å². The van der Waals surface area contributed by atoms with E-state index in [1.54, 1.807) is 18.0 Å². The van der Waals surface area contributed by atoms with E-state index in [-0.39, 0.29) is 17.6 Å². The number of aromatic carboxylic acids is 1. The van der Waals surface area contributed by atoms with E-state index in [0.717, 1.165) is 12.8 Å². The van der Waals surface area contributed by atoms with Gasteiger partial charge in [0.2, 0.25) is 0 Å². The number of nitrogens with one attached hydrogen (secondary N) is 1. The topological polar surface area (TPSA) is 78.9 Å². The molecule has 1 aliphatic heterocycles. The Labute approximate surface area is 131 Å². The minimum atomic E-state index is -1.03. The number of carboxylic acid groups (broad SMARTS) is 1. The summed E-state index contributed by atoms with van der Waals surface area (Å²) in [6, 6.07) is 4.39. The lowest BCUT2D eigenvalue weighted by atomic mass is 10.1. The van der Waals surface area contributed by atoms with E-state index in [1.165, 1.54) is 12.1 Å². The van der Waals surface area contributed by atoms with E-state index in [1.807, 2.05) is 0 Å². The largest absolute Gasteiger partial charge is 0.478 e. The number of carboxylic acids is 1. The van der Waals surface area contributed by atoms with Crippen LogP contribution in [0.1, 0.15) is 23.2 Å². The van der Waals surface area contributed by atoms with Gasteiger partial charge in [-0.15, -0.1) is 0 Å². The lowest BCUT2D eigenvalue weighted by Gasteiger charge is -2.31. The zero-order chi connectivity index (χ0) is 15.4. The Morgan fingerprint density at radius 3 is 2.67 bits per heavy atom. The van der Waals surface area contributed by atoms with E-state index in [2.05, 4.69) is 21.2 Å². The van der Waals surface area contributed by atoms with E-state index in [4.69, 9.17) is 9.84 Å². The van der Waals surface area contributed by atoms with Gasteiger partial charge in [0, 0.05) is 30.8 Å². The summed E-state index contributed by atoms with van der Waals surface area (Å²) in [5, 5.41) is 11.7. The third-order valence-electron chi connectivity index (χ3n) is 3.51. The summed E-state index contributed by atoms with van der Waals surface area (Å²) < 4.78 is 5.92. The highest BCUT2D eigenvalue weighted by molar-refractivity contribution is 9.10. The normalized spacial score (nSPS) is 15.5. The standard InChI is InChI=1S/C14H17BrN2O4/c1-17(10-4-6-21-7-5-10)14(20)16-12-8-9(13(18)19)2-3-11(12)15/h2-3,8,10H,4-7H2,1H3,(H,16,20)(H,18,19). The average molecular weight is 357 g/mol. The van der Waals surface area contributed by atoms with Gasteiger partial charge in [-0.1, -0.05) is 0 Å². The van der Waals surface area contributed by atoms with Crippen molar-refractivity contribution in [3.8, 4) is 0 Å². The highest BCUT2D eigenvalue weighted by atomic mass is 79.9. The first kappa shape index (κ1) is 15.8. The van der Waals surface area contributed by atoms with Crippen LogP contribution in [-0.4, -0.2) is 48.3 Å². The number of rotatable bonds is 3. The predicted molar refractivity (Wildman–Crippen MR) is 81.7 cm³/mol. The second kappa shape index (κ2) is 6.91. The first-order valence-corrected chi connectivity index (χ1v) is 7.42. The fourth-order valence-corrected chi connectivity index (χ4v) is 2.54. The molecule has 1 fully saturated rings. The van der Waals surface area contributed by atoms with E-state index in [9.17, 15) is 9.59 Å². The van der Waals surface area contributed by atoms with Crippen molar-refractivity contribution in [2.75, 3.05) is 25.6 Å². The highest BCUT2D eigenvalue weighted by Gasteiger charge is 2.23. The third-order valence-corrected chi connectivity index (χ3v) is 4.21. The predicted octanol–water partition coefficient (Wildman–Crippen LogP) is 2.79. The van der Waals surface area contributed by atoms with Gasteiger partial charge in [-0.05, 0) is 47.0 Å². The molecule has 2 rings (SSSR count). The van der Waals surface area contributed by atoms with Crippen LogP contribution in [0.25, 0.3) is 0 Å². The Kier molecular flexibility index (Phi) is 5.19. The number of anilines is 1. The van der Waals surface area contributed by atoms with Crippen LogP contribution in [0.5, 0.6) is 0 Å². The minimum Gasteiger partial charge on any atom is -0.478 e. The van der Waals surface area contributed by atoms with Crippen molar-refractivity contribution >= 4 is 33.6 Å². The summed E-state index contributed by atoms with van der Waals surface area (Å²) in [7, 11) is 1.74. The van der Waals surface area contributed by atoms with Crippen LogP contribution in [0.15, 0.2) is 22.7 Å². The van der Waals surface area contributed by atoms with Gasteiger partial charge in [-0.25, -0.2) is 9.59 Å². The molecule has 1 aliphatic rings. The summed E-state index contributed by atoms with van der Waals surface area (Å²) >= 11 is 3.31. The molecule has 6 nitrogen and oxygen atoms in total. The molecule has 0 saturated carbocycles. The van der Waals surface area contributed by atoms with Crippen molar-refractivity contribution in [3.05, 3.63) is 28.2 Å². The maximum absolute atomic E-state index is 12.3. The van der Waals surface area contributed by atoms with Crippen LogP contribution in [0.4, 0.5) is 10.5 Å². The van der Waals surface area contributed by atoms with Crippen molar-refractivity contribution in [3.63, 3.8) is 0 Å². The zero-order valence-electron chi connectivity index (χ0n) is 11.6. The summed E-state index contributed by atoms with van der Waals surface area (Å²) in [5.74, 6) is -1.03.